The molecule has 0 N–H and O–H groups in total. The molecule has 0 radical (unpaired) electrons. The Morgan fingerprint density at radius 3 is 2.61 bits per heavy atom. The van der Waals surface area contributed by atoms with E-state index in [1.165, 1.54) is 16.6 Å². The molecule has 2 heterocycles. The normalized spacial score (nSPS) is 13.2. The van der Waals surface area contributed by atoms with Crippen LogP contribution in [0.5, 0.6) is 11.5 Å². The lowest BCUT2D eigenvalue weighted by Gasteiger charge is -2.16. The van der Waals surface area contributed by atoms with Crippen LogP contribution in [0.4, 0.5) is 0 Å². The van der Waals surface area contributed by atoms with Crippen molar-refractivity contribution >= 4 is 33.2 Å². The number of rotatable bonds is 5. The Balaban J connectivity index is 1.84. The lowest BCUT2D eigenvalue weighted by molar-refractivity contribution is 0.392. The Morgan fingerprint density at radius 1 is 1.03 bits per heavy atom. The number of halogens is 1. The van der Waals surface area contributed by atoms with Crippen LogP contribution < -0.4 is 20.7 Å². The van der Waals surface area contributed by atoms with Crippen molar-refractivity contribution in [1.82, 2.24) is 9.13 Å². The zero-order valence-electron chi connectivity index (χ0n) is 18.4. The van der Waals surface area contributed by atoms with Crippen LogP contribution >= 0.6 is 22.9 Å². The molecule has 0 aliphatic heterocycles. The number of benzene rings is 2. The van der Waals surface area contributed by atoms with Gasteiger partial charge in [0.15, 0.2) is 0 Å². The molecule has 0 amide bonds. The molecule has 0 bridgehead atoms. The molecular formula is C25H23ClN2O4S. The van der Waals surface area contributed by atoms with Gasteiger partial charge in [-0.3, -0.25) is 9.36 Å². The Hall–Kier alpha value is -3.03. The molecule has 6 nitrogen and oxygen atoms in total. The van der Waals surface area contributed by atoms with Crippen molar-refractivity contribution in [3.63, 3.8) is 0 Å². The van der Waals surface area contributed by atoms with E-state index in [9.17, 15) is 9.59 Å². The molecule has 2 aromatic heterocycles. The topological polar surface area (TPSA) is 62.5 Å². The highest BCUT2D eigenvalue weighted by Gasteiger charge is 2.25. The summed E-state index contributed by atoms with van der Waals surface area (Å²) in [4.78, 5) is 29.6. The number of fused-ring (bicyclic) bond motifs is 3. The third-order valence-corrected chi connectivity index (χ3v) is 7.64. The molecule has 8 heteroatoms. The Labute approximate surface area is 199 Å². The van der Waals surface area contributed by atoms with Gasteiger partial charge in [0, 0.05) is 16.0 Å². The van der Waals surface area contributed by atoms with E-state index >= 15 is 0 Å². The summed E-state index contributed by atoms with van der Waals surface area (Å²) in [6, 6.07) is 12.5. The van der Waals surface area contributed by atoms with Gasteiger partial charge in [0.1, 0.15) is 16.3 Å². The fraction of sp³-hybridized carbons (Fsp3) is 0.280. The van der Waals surface area contributed by atoms with Crippen LogP contribution in [0.15, 0.2) is 52.1 Å². The van der Waals surface area contributed by atoms with Crippen molar-refractivity contribution in [2.24, 2.45) is 0 Å². The van der Waals surface area contributed by atoms with E-state index in [0.29, 0.717) is 34.1 Å². The van der Waals surface area contributed by atoms with E-state index in [1.54, 1.807) is 47.3 Å². The summed E-state index contributed by atoms with van der Waals surface area (Å²) in [5.41, 5.74) is 1.65. The van der Waals surface area contributed by atoms with E-state index < -0.39 is 5.69 Å². The van der Waals surface area contributed by atoms with E-state index in [4.69, 9.17) is 21.1 Å². The molecule has 170 valence electrons. The smallest absolute Gasteiger partial charge is 0.337 e. The average Bonchev–Trinajstić information content (AvgIpc) is 3.22. The average molecular weight is 483 g/mol. The number of hydrogen-bond donors (Lipinski definition) is 0. The van der Waals surface area contributed by atoms with Gasteiger partial charge in [0.2, 0.25) is 0 Å². The molecule has 0 saturated heterocycles. The number of ether oxygens (including phenoxy) is 2. The molecule has 0 saturated carbocycles. The lowest BCUT2D eigenvalue weighted by Crippen LogP contribution is -2.39. The van der Waals surface area contributed by atoms with Gasteiger partial charge in [-0.15, -0.1) is 11.3 Å². The highest BCUT2D eigenvalue weighted by molar-refractivity contribution is 7.18. The Kier molecular flexibility index (Phi) is 5.76. The predicted octanol–water partition coefficient (Wildman–Crippen LogP) is 4.81. The Bertz CT molecular complexity index is 1480. The van der Waals surface area contributed by atoms with Crippen LogP contribution in [0.3, 0.4) is 0 Å². The summed E-state index contributed by atoms with van der Waals surface area (Å²) in [7, 11) is 3.07. The predicted molar refractivity (Wildman–Crippen MR) is 132 cm³/mol. The minimum Gasteiger partial charge on any atom is -0.497 e. The highest BCUT2D eigenvalue weighted by Crippen LogP contribution is 2.35. The van der Waals surface area contributed by atoms with E-state index in [1.807, 2.05) is 18.2 Å². The molecule has 0 spiro atoms. The highest BCUT2D eigenvalue weighted by atomic mass is 35.5. The van der Waals surface area contributed by atoms with Crippen LogP contribution in [-0.2, 0) is 19.4 Å². The monoisotopic (exact) mass is 482 g/mol. The summed E-state index contributed by atoms with van der Waals surface area (Å²) in [5, 5.41) is 1.24. The largest absolute Gasteiger partial charge is 0.497 e. The number of aryl methyl sites for hydroxylation is 2. The number of aromatic nitrogens is 2. The number of hydrogen-bond acceptors (Lipinski definition) is 5. The zero-order valence-corrected chi connectivity index (χ0v) is 20.0. The molecule has 0 atom stereocenters. The quantitative estimate of drug-likeness (QED) is 0.409. The first kappa shape index (κ1) is 21.8. The van der Waals surface area contributed by atoms with Crippen molar-refractivity contribution in [2.45, 2.75) is 32.2 Å². The SMILES string of the molecule is COc1ccc(-n2c(=O)c3c4c(sc3n(Cc3cccc(Cl)c3)c2=O)CCCC4)c(OC)c1. The van der Waals surface area contributed by atoms with E-state index in [0.717, 1.165) is 41.6 Å². The van der Waals surface area contributed by atoms with Crippen LogP contribution in [-0.4, -0.2) is 23.4 Å². The lowest BCUT2D eigenvalue weighted by atomic mass is 9.97. The van der Waals surface area contributed by atoms with E-state index in [-0.39, 0.29) is 5.56 Å². The first-order valence-electron chi connectivity index (χ1n) is 10.8. The van der Waals surface area contributed by atoms with Crippen molar-refractivity contribution in [1.29, 1.82) is 0 Å². The molecular weight excluding hydrogens is 460 g/mol. The third kappa shape index (κ3) is 3.75. The fourth-order valence-electron chi connectivity index (χ4n) is 4.51. The maximum atomic E-state index is 13.8. The van der Waals surface area contributed by atoms with Crippen molar-refractivity contribution in [3.05, 3.63) is 84.3 Å². The third-order valence-electron chi connectivity index (χ3n) is 6.09. The van der Waals surface area contributed by atoms with Gasteiger partial charge >= 0.3 is 5.69 Å². The minimum absolute atomic E-state index is 0.305. The number of thiophene rings is 1. The van der Waals surface area contributed by atoms with E-state index in [2.05, 4.69) is 0 Å². The standard InChI is InChI=1S/C25H23ClN2O4S/c1-31-17-10-11-19(20(13-17)32-2)28-23(29)22-18-8-3-4-9-21(18)33-24(22)27(25(28)30)14-15-6-5-7-16(26)12-15/h5-7,10-13H,3-4,8-9,14H2,1-2H3. The summed E-state index contributed by atoms with van der Waals surface area (Å²) < 4.78 is 13.7. The van der Waals surface area contributed by atoms with Gasteiger partial charge < -0.3 is 9.47 Å². The second-order valence-electron chi connectivity index (χ2n) is 8.07. The minimum atomic E-state index is -0.408. The van der Waals surface area contributed by atoms with Gasteiger partial charge in [0.05, 0.1) is 31.8 Å². The van der Waals surface area contributed by atoms with Gasteiger partial charge in [-0.2, -0.15) is 0 Å². The maximum Gasteiger partial charge on any atom is 0.337 e. The van der Waals surface area contributed by atoms with Crippen molar-refractivity contribution < 1.29 is 9.47 Å². The first-order valence-corrected chi connectivity index (χ1v) is 12.0. The van der Waals surface area contributed by atoms with Gasteiger partial charge in [-0.25, -0.2) is 9.36 Å². The first-order chi connectivity index (χ1) is 16.0. The van der Waals surface area contributed by atoms with Gasteiger partial charge in [-0.1, -0.05) is 23.7 Å². The van der Waals surface area contributed by atoms with Crippen LogP contribution in [0.25, 0.3) is 15.9 Å². The maximum absolute atomic E-state index is 13.8. The van der Waals surface area contributed by atoms with Crippen molar-refractivity contribution in [2.75, 3.05) is 14.2 Å². The Morgan fingerprint density at radius 2 is 1.85 bits per heavy atom. The summed E-state index contributed by atoms with van der Waals surface area (Å²) >= 11 is 7.77. The fourth-order valence-corrected chi connectivity index (χ4v) is 6.09. The summed E-state index contributed by atoms with van der Waals surface area (Å²) in [5.74, 6) is 0.975. The van der Waals surface area contributed by atoms with Gasteiger partial charge in [-0.05, 0) is 61.1 Å². The molecule has 1 aliphatic rings. The number of methoxy groups -OCH3 is 2. The molecule has 33 heavy (non-hydrogen) atoms. The van der Waals surface area contributed by atoms with Gasteiger partial charge in [0.25, 0.3) is 5.56 Å². The number of nitrogens with zero attached hydrogens (tertiary/aromatic N) is 2. The van der Waals surface area contributed by atoms with Crippen LogP contribution in [0.2, 0.25) is 5.02 Å². The molecule has 0 unspecified atom stereocenters. The molecule has 2 aromatic carbocycles. The molecule has 1 aliphatic carbocycles. The van der Waals surface area contributed by atoms with Crippen molar-refractivity contribution in [3.8, 4) is 17.2 Å². The molecule has 5 rings (SSSR count). The zero-order chi connectivity index (χ0) is 23.1. The van der Waals surface area contributed by atoms with Crippen LogP contribution in [0.1, 0.15) is 28.8 Å². The van der Waals surface area contributed by atoms with Crippen LogP contribution in [0, 0.1) is 0 Å². The second kappa shape index (κ2) is 8.72. The second-order valence-corrected chi connectivity index (χ2v) is 9.59. The summed E-state index contributed by atoms with van der Waals surface area (Å²) in [6.07, 6.45) is 3.92. The molecule has 4 aromatic rings. The summed E-state index contributed by atoms with van der Waals surface area (Å²) in [6.45, 7) is 0.314. The molecule has 0 fully saturated rings.